The molecule has 0 saturated carbocycles. The SMILES string of the molecule is Cc1nn(C)c(C)c1CCCNC(=O)[C@@H](N)C(C)C. The van der Waals surface area contributed by atoms with Gasteiger partial charge in [-0.05, 0) is 38.2 Å². The number of nitrogens with one attached hydrogen (secondary N) is 1. The van der Waals surface area contributed by atoms with Crippen molar-refractivity contribution < 1.29 is 4.79 Å². The van der Waals surface area contributed by atoms with Crippen molar-refractivity contribution in [3.05, 3.63) is 17.0 Å². The lowest BCUT2D eigenvalue weighted by molar-refractivity contribution is -0.123. The molecular formula is C14H26N4O. The van der Waals surface area contributed by atoms with E-state index in [1.165, 1.54) is 11.3 Å². The second-order valence-electron chi connectivity index (χ2n) is 5.44. The molecule has 0 radical (unpaired) electrons. The van der Waals surface area contributed by atoms with Crippen molar-refractivity contribution in [1.82, 2.24) is 15.1 Å². The van der Waals surface area contributed by atoms with E-state index >= 15 is 0 Å². The van der Waals surface area contributed by atoms with Crippen molar-refractivity contribution in [1.29, 1.82) is 0 Å². The summed E-state index contributed by atoms with van der Waals surface area (Å²) in [4.78, 5) is 11.7. The minimum atomic E-state index is -0.415. The molecule has 0 aliphatic rings. The molecule has 0 aromatic carbocycles. The second kappa shape index (κ2) is 6.70. The number of aromatic nitrogens is 2. The van der Waals surface area contributed by atoms with Crippen molar-refractivity contribution in [3.63, 3.8) is 0 Å². The Bertz CT molecular complexity index is 437. The maximum atomic E-state index is 11.7. The summed E-state index contributed by atoms with van der Waals surface area (Å²) < 4.78 is 1.90. The van der Waals surface area contributed by atoms with E-state index in [1.807, 2.05) is 32.5 Å². The Balaban J connectivity index is 2.37. The van der Waals surface area contributed by atoms with Crippen LogP contribution in [0.1, 0.15) is 37.2 Å². The van der Waals surface area contributed by atoms with Crippen LogP contribution in [0.3, 0.4) is 0 Å². The van der Waals surface area contributed by atoms with Crippen LogP contribution in [0.25, 0.3) is 0 Å². The molecular weight excluding hydrogens is 240 g/mol. The quantitative estimate of drug-likeness (QED) is 0.756. The molecule has 0 aliphatic heterocycles. The first-order valence-electron chi connectivity index (χ1n) is 6.87. The minimum absolute atomic E-state index is 0.0605. The summed E-state index contributed by atoms with van der Waals surface area (Å²) in [6.07, 6.45) is 1.84. The number of hydrogen-bond donors (Lipinski definition) is 2. The molecule has 1 aromatic heterocycles. The van der Waals surface area contributed by atoms with Gasteiger partial charge in [0.05, 0.1) is 11.7 Å². The van der Waals surface area contributed by atoms with Crippen LogP contribution in [0.15, 0.2) is 0 Å². The van der Waals surface area contributed by atoms with Crippen molar-refractivity contribution in [2.75, 3.05) is 6.54 Å². The van der Waals surface area contributed by atoms with Crippen LogP contribution in [0, 0.1) is 19.8 Å². The van der Waals surface area contributed by atoms with E-state index in [-0.39, 0.29) is 11.8 Å². The van der Waals surface area contributed by atoms with Gasteiger partial charge in [0.15, 0.2) is 0 Å². The van der Waals surface area contributed by atoms with Crippen LogP contribution in [0.4, 0.5) is 0 Å². The van der Waals surface area contributed by atoms with E-state index in [0.717, 1.165) is 18.5 Å². The highest BCUT2D eigenvalue weighted by Gasteiger charge is 2.16. The molecule has 1 amide bonds. The summed E-state index contributed by atoms with van der Waals surface area (Å²) in [5.41, 5.74) is 9.33. The van der Waals surface area contributed by atoms with E-state index in [1.54, 1.807) is 0 Å². The van der Waals surface area contributed by atoms with Crippen LogP contribution < -0.4 is 11.1 Å². The van der Waals surface area contributed by atoms with Gasteiger partial charge >= 0.3 is 0 Å². The predicted octanol–water partition coefficient (Wildman–Crippen LogP) is 1.07. The van der Waals surface area contributed by atoms with Crippen molar-refractivity contribution in [2.45, 2.75) is 46.6 Å². The average molecular weight is 266 g/mol. The van der Waals surface area contributed by atoms with Crippen LogP contribution in [0.2, 0.25) is 0 Å². The van der Waals surface area contributed by atoms with Crippen molar-refractivity contribution in [2.24, 2.45) is 18.7 Å². The van der Waals surface area contributed by atoms with Gasteiger partial charge in [-0.1, -0.05) is 13.8 Å². The Morgan fingerprint density at radius 1 is 1.42 bits per heavy atom. The number of nitrogens with two attached hydrogens (primary N) is 1. The van der Waals surface area contributed by atoms with E-state index in [0.29, 0.717) is 6.54 Å². The summed E-state index contributed by atoms with van der Waals surface area (Å²) in [5.74, 6) is 0.109. The predicted molar refractivity (Wildman–Crippen MR) is 76.8 cm³/mol. The summed E-state index contributed by atoms with van der Waals surface area (Å²) in [6.45, 7) is 8.66. The first-order valence-corrected chi connectivity index (χ1v) is 6.87. The zero-order chi connectivity index (χ0) is 14.6. The second-order valence-corrected chi connectivity index (χ2v) is 5.44. The van der Waals surface area contributed by atoms with Gasteiger partial charge in [-0.2, -0.15) is 5.10 Å². The number of carbonyl (C=O) groups is 1. The summed E-state index contributed by atoms with van der Waals surface area (Å²) in [7, 11) is 1.95. The molecule has 1 aromatic rings. The fourth-order valence-corrected chi connectivity index (χ4v) is 2.08. The molecule has 5 nitrogen and oxygen atoms in total. The first-order chi connectivity index (χ1) is 8.84. The zero-order valence-electron chi connectivity index (χ0n) is 12.7. The average Bonchev–Trinajstić information content (AvgIpc) is 2.58. The Morgan fingerprint density at radius 2 is 2.05 bits per heavy atom. The van der Waals surface area contributed by atoms with E-state index in [4.69, 9.17) is 5.73 Å². The smallest absolute Gasteiger partial charge is 0.237 e. The molecule has 1 heterocycles. The first kappa shape index (κ1) is 15.7. The molecule has 0 bridgehead atoms. The lowest BCUT2D eigenvalue weighted by Gasteiger charge is -2.15. The Labute approximate surface area is 115 Å². The minimum Gasteiger partial charge on any atom is -0.355 e. The summed E-state index contributed by atoms with van der Waals surface area (Å²) >= 11 is 0. The summed E-state index contributed by atoms with van der Waals surface area (Å²) in [5, 5.41) is 7.27. The molecule has 108 valence electrons. The maximum Gasteiger partial charge on any atom is 0.237 e. The molecule has 1 rings (SSSR count). The van der Waals surface area contributed by atoms with Crippen LogP contribution in [0.5, 0.6) is 0 Å². The van der Waals surface area contributed by atoms with E-state index < -0.39 is 6.04 Å². The number of rotatable bonds is 6. The van der Waals surface area contributed by atoms with E-state index in [2.05, 4.69) is 17.3 Å². The van der Waals surface area contributed by atoms with Gasteiger partial charge in [-0.3, -0.25) is 9.48 Å². The normalized spacial score (nSPS) is 12.8. The molecule has 1 atom stereocenters. The number of nitrogens with zero attached hydrogens (tertiary/aromatic N) is 2. The Morgan fingerprint density at radius 3 is 2.53 bits per heavy atom. The van der Waals surface area contributed by atoms with Gasteiger partial charge in [0.1, 0.15) is 0 Å². The standard InChI is InChI=1S/C14H26N4O/c1-9(2)13(15)14(19)16-8-6-7-12-10(3)17-18(5)11(12)4/h9,13H,6-8,15H2,1-5H3,(H,16,19)/t13-/m0/s1. The molecule has 0 saturated heterocycles. The fourth-order valence-electron chi connectivity index (χ4n) is 2.08. The van der Waals surface area contributed by atoms with Crippen molar-refractivity contribution in [3.8, 4) is 0 Å². The molecule has 0 unspecified atom stereocenters. The van der Waals surface area contributed by atoms with Gasteiger partial charge in [0, 0.05) is 19.3 Å². The van der Waals surface area contributed by atoms with Gasteiger partial charge in [-0.15, -0.1) is 0 Å². The fraction of sp³-hybridized carbons (Fsp3) is 0.714. The lowest BCUT2D eigenvalue weighted by Crippen LogP contribution is -2.44. The van der Waals surface area contributed by atoms with E-state index in [9.17, 15) is 4.79 Å². The molecule has 0 spiro atoms. The zero-order valence-corrected chi connectivity index (χ0v) is 12.7. The molecule has 0 fully saturated rings. The monoisotopic (exact) mass is 266 g/mol. The van der Waals surface area contributed by atoms with Gasteiger partial charge in [0.25, 0.3) is 0 Å². The summed E-state index contributed by atoms with van der Waals surface area (Å²) in [6, 6.07) is -0.415. The van der Waals surface area contributed by atoms with Crippen molar-refractivity contribution >= 4 is 5.91 Å². The maximum absolute atomic E-state index is 11.7. The highest BCUT2D eigenvalue weighted by Crippen LogP contribution is 2.13. The van der Waals surface area contributed by atoms with Crippen LogP contribution in [-0.2, 0) is 18.3 Å². The third-order valence-electron chi connectivity index (χ3n) is 3.58. The molecule has 0 aliphatic carbocycles. The number of aryl methyl sites for hydroxylation is 2. The highest BCUT2D eigenvalue weighted by molar-refractivity contribution is 5.81. The molecule has 3 N–H and O–H groups in total. The van der Waals surface area contributed by atoms with Gasteiger partial charge in [0.2, 0.25) is 5.91 Å². The lowest BCUT2D eigenvalue weighted by atomic mass is 10.0. The molecule has 5 heteroatoms. The van der Waals surface area contributed by atoms with Gasteiger partial charge < -0.3 is 11.1 Å². The highest BCUT2D eigenvalue weighted by atomic mass is 16.2. The van der Waals surface area contributed by atoms with Crippen LogP contribution >= 0.6 is 0 Å². The Hall–Kier alpha value is -1.36. The van der Waals surface area contributed by atoms with Gasteiger partial charge in [-0.25, -0.2) is 0 Å². The topological polar surface area (TPSA) is 72.9 Å². The third kappa shape index (κ3) is 4.06. The number of amides is 1. The largest absolute Gasteiger partial charge is 0.355 e. The van der Waals surface area contributed by atoms with Crippen LogP contribution in [-0.4, -0.2) is 28.3 Å². The molecule has 19 heavy (non-hydrogen) atoms. The number of carbonyl (C=O) groups excluding carboxylic acids is 1. The number of hydrogen-bond acceptors (Lipinski definition) is 3. The third-order valence-corrected chi connectivity index (χ3v) is 3.58. The Kier molecular flexibility index (Phi) is 5.54.